The molecule has 1 aliphatic carbocycles. The van der Waals surface area contributed by atoms with E-state index >= 15 is 0 Å². The Morgan fingerprint density at radius 3 is 2.76 bits per heavy atom. The van der Waals surface area contributed by atoms with Crippen molar-refractivity contribution in [2.24, 2.45) is 17.8 Å². The minimum Gasteiger partial charge on any atom is -0.349 e. The van der Waals surface area contributed by atoms with Gasteiger partial charge in [0.05, 0.1) is 16.6 Å². The molecule has 0 spiro atoms. The summed E-state index contributed by atoms with van der Waals surface area (Å²) in [6, 6.07) is 5.67. The maximum atomic E-state index is 14.4. The van der Waals surface area contributed by atoms with Gasteiger partial charge in [0, 0.05) is 36.0 Å². The quantitative estimate of drug-likeness (QED) is 0.519. The van der Waals surface area contributed by atoms with Gasteiger partial charge in [0.15, 0.2) is 6.23 Å². The number of hydrogen-bond acceptors (Lipinski definition) is 5. The van der Waals surface area contributed by atoms with E-state index in [-0.39, 0.29) is 41.6 Å². The van der Waals surface area contributed by atoms with Crippen molar-refractivity contribution in [3.8, 4) is 0 Å². The number of benzene rings is 1. The minimum absolute atomic E-state index is 0.0113. The van der Waals surface area contributed by atoms with Crippen LogP contribution in [0, 0.1) is 17.8 Å². The van der Waals surface area contributed by atoms with Gasteiger partial charge in [-0.25, -0.2) is 0 Å². The first-order chi connectivity index (χ1) is 20.0. The molecule has 9 nitrogen and oxygen atoms in total. The number of piperazine rings is 1. The summed E-state index contributed by atoms with van der Waals surface area (Å²) in [5.41, 5.74) is 3.12. The molecule has 5 heterocycles. The van der Waals surface area contributed by atoms with Crippen LogP contribution in [-0.2, 0) is 25.5 Å². The summed E-state index contributed by atoms with van der Waals surface area (Å²) in [4.78, 5) is 51.4. The number of likely N-dealkylation sites (N-methyl/N-ethyl adjacent to an activating group) is 1. The minimum atomic E-state index is -1.52. The molecule has 3 amide bonds. The number of rotatable bonds is 5. The molecule has 4 aliphatic heterocycles. The molecular formula is C32H40BrN5O4. The highest BCUT2D eigenvalue weighted by Crippen LogP contribution is 2.45. The first-order valence-corrected chi connectivity index (χ1v) is 16.2. The second-order valence-corrected chi connectivity index (χ2v) is 14.3. The first kappa shape index (κ1) is 28.1. The zero-order chi connectivity index (χ0) is 29.7. The second-order valence-electron chi connectivity index (χ2n) is 13.5. The second kappa shape index (κ2) is 9.92. The Morgan fingerprint density at radius 1 is 1.24 bits per heavy atom. The number of H-pyrrole nitrogens is 1. The van der Waals surface area contributed by atoms with Gasteiger partial charge < -0.3 is 19.9 Å². The van der Waals surface area contributed by atoms with Gasteiger partial charge in [-0.3, -0.25) is 24.2 Å². The number of nitrogens with one attached hydrogen (secondary N) is 2. The van der Waals surface area contributed by atoms with Gasteiger partial charge in [0.2, 0.25) is 17.5 Å². The Kier molecular flexibility index (Phi) is 6.64. The van der Waals surface area contributed by atoms with Crippen molar-refractivity contribution in [1.82, 2.24) is 25.0 Å². The van der Waals surface area contributed by atoms with E-state index in [1.54, 1.807) is 4.90 Å². The molecule has 2 aromatic rings. The number of aromatic amines is 1. The highest BCUT2D eigenvalue weighted by atomic mass is 79.9. The van der Waals surface area contributed by atoms with Crippen molar-refractivity contribution < 1.29 is 19.1 Å². The Hall–Kier alpha value is -2.69. The summed E-state index contributed by atoms with van der Waals surface area (Å²) < 4.78 is 7.71. The SMILES string of the molecule is CC(C)C[C@@H]1C(=O)N2CCC[C@@H]2[C@@H]2O[C@](NC(=O)[C@@H]3C=C4c5cccc6[nH]c(Br)c(c56)C[C@H]4N(C)C3)(C(C)C)C(=O)N12. The fourth-order valence-corrected chi connectivity index (χ4v) is 8.64. The lowest BCUT2D eigenvalue weighted by molar-refractivity contribution is -0.172. The van der Waals surface area contributed by atoms with Gasteiger partial charge in [-0.1, -0.05) is 45.9 Å². The van der Waals surface area contributed by atoms with Crippen molar-refractivity contribution >= 4 is 50.1 Å². The maximum absolute atomic E-state index is 14.4. The van der Waals surface area contributed by atoms with Crippen LogP contribution >= 0.6 is 15.9 Å². The third-order valence-electron chi connectivity index (χ3n) is 10.2. The predicted molar refractivity (Wildman–Crippen MR) is 163 cm³/mol. The smallest absolute Gasteiger partial charge is 0.279 e. The van der Waals surface area contributed by atoms with Gasteiger partial charge in [-0.05, 0) is 77.3 Å². The fourth-order valence-electron chi connectivity index (χ4n) is 8.07. The van der Waals surface area contributed by atoms with Crippen LogP contribution in [0.2, 0.25) is 0 Å². The number of nitrogens with zero attached hydrogens (tertiary/aromatic N) is 3. The highest BCUT2D eigenvalue weighted by Gasteiger charge is 2.64. The van der Waals surface area contributed by atoms with E-state index in [2.05, 4.69) is 70.2 Å². The summed E-state index contributed by atoms with van der Waals surface area (Å²) in [7, 11) is 2.07. The van der Waals surface area contributed by atoms with Crippen molar-refractivity contribution in [2.45, 2.75) is 83.5 Å². The molecule has 0 unspecified atom stereocenters. The summed E-state index contributed by atoms with van der Waals surface area (Å²) in [6.07, 6.45) is 4.65. The van der Waals surface area contributed by atoms with E-state index in [4.69, 9.17) is 4.74 Å². The van der Waals surface area contributed by atoms with Crippen LogP contribution in [0.3, 0.4) is 0 Å². The highest BCUT2D eigenvalue weighted by molar-refractivity contribution is 9.10. The molecule has 42 heavy (non-hydrogen) atoms. The maximum Gasteiger partial charge on any atom is 0.279 e. The van der Waals surface area contributed by atoms with E-state index in [9.17, 15) is 14.4 Å². The van der Waals surface area contributed by atoms with Crippen LogP contribution in [0.25, 0.3) is 16.5 Å². The molecule has 7 rings (SSSR count). The molecule has 1 aromatic carbocycles. The Bertz CT molecular complexity index is 1520. The first-order valence-electron chi connectivity index (χ1n) is 15.4. The van der Waals surface area contributed by atoms with Crippen molar-refractivity contribution in [1.29, 1.82) is 0 Å². The van der Waals surface area contributed by atoms with Crippen LogP contribution in [-0.4, -0.2) is 87.6 Å². The van der Waals surface area contributed by atoms with Gasteiger partial charge in [0.1, 0.15) is 6.04 Å². The van der Waals surface area contributed by atoms with E-state index in [0.29, 0.717) is 19.5 Å². The van der Waals surface area contributed by atoms with Crippen molar-refractivity contribution in [3.05, 3.63) is 40.0 Å². The molecule has 1 aromatic heterocycles. The van der Waals surface area contributed by atoms with Crippen molar-refractivity contribution in [2.75, 3.05) is 20.1 Å². The number of amides is 3. The van der Waals surface area contributed by atoms with E-state index in [0.717, 1.165) is 40.5 Å². The molecule has 3 saturated heterocycles. The molecule has 10 heteroatoms. The molecule has 0 radical (unpaired) electrons. The number of ether oxygens (including phenoxy) is 1. The topological polar surface area (TPSA) is 98.0 Å². The Morgan fingerprint density at radius 2 is 2.02 bits per heavy atom. The van der Waals surface area contributed by atoms with Crippen molar-refractivity contribution in [3.63, 3.8) is 0 Å². The number of aromatic nitrogens is 1. The summed E-state index contributed by atoms with van der Waals surface area (Å²) in [6.45, 7) is 9.19. The molecule has 224 valence electrons. The zero-order valence-corrected chi connectivity index (χ0v) is 26.5. The van der Waals surface area contributed by atoms with E-state index in [1.807, 2.05) is 24.8 Å². The van der Waals surface area contributed by atoms with Crippen LogP contribution in [0.5, 0.6) is 0 Å². The van der Waals surface area contributed by atoms with Crippen LogP contribution in [0.1, 0.15) is 58.1 Å². The number of hydrogen-bond donors (Lipinski definition) is 2. The largest absolute Gasteiger partial charge is 0.349 e. The molecule has 2 N–H and O–H groups in total. The Labute approximate surface area is 255 Å². The third kappa shape index (κ3) is 3.97. The van der Waals surface area contributed by atoms with E-state index < -0.39 is 23.9 Å². The van der Waals surface area contributed by atoms with Crippen LogP contribution in [0.15, 0.2) is 28.9 Å². The monoisotopic (exact) mass is 637 g/mol. The third-order valence-corrected chi connectivity index (χ3v) is 10.8. The average molecular weight is 639 g/mol. The lowest BCUT2D eigenvalue weighted by atomic mass is 9.79. The Balaban J connectivity index is 1.23. The summed E-state index contributed by atoms with van der Waals surface area (Å²) in [5, 5.41) is 4.34. The van der Waals surface area contributed by atoms with Crippen LogP contribution in [0.4, 0.5) is 0 Å². The van der Waals surface area contributed by atoms with Gasteiger partial charge in [0.25, 0.3) is 5.91 Å². The number of halogens is 1. The molecule has 6 atom stereocenters. The number of fused-ring (bicyclic) bond motifs is 5. The van der Waals surface area contributed by atoms with Gasteiger partial charge in [-0.15, -0.1) is 0 Å². The lowest BCUT2D eigenvalue weighted by Crippen LogP contribution is -2.65. The standard InChI is InChI=1S/C32H40BrN5O4/c1-16(2)12-25-29(40)37-11-7-10-23(37)30-38(25)31(41)32(42-30,17(3)4)35-28(39)18-13-20-19-8-6-9-22-26(19)21(27(33)34-22)14-24(20)36(5)15-18/h6,8-9,13,16-18,23-25,30,34H,7,10-12,14-15H2,1-5H3,(H,35,39)/t18-,23-,24-,25-,30+,32-/m1/s1. The van der Waals surface area contributed by atoms with Gasteiger partial charge in [-0.2, -0.15) is 0 Å². The molecular weight excluding hydrogens is 598 g/mol. The molecule has 0 saturated carbocycles. The van der Waals surface area contributed by atoms with E-state index in [1.165, 1.54) is 10.9 Å². The summed E-state index contributed by atoms with van der Waals surface area (Å²) >= 11 is 3.72. The molecule has 3 fully saturated rings. The average Bonchev–Trinajstić information content (AvgIpc) is 3.63. The summed E-state index contributed by atoms with van der Waals surface area (Å²) in [5.74, 6) is -1.06. The molecule has 0 bridgehead atoms. The number of carbonyl (C=O) groups excluding carboxylic acids is 3. The normalized spacial score (nSPS) is 32.5. The molecule has 5 aliphatic rings. The number of carbonyl (C=O) groups is 3. The van der Waals surface area contributed by atoms with Gasteiger partial charge >= 0.3 is 0 Å². The van der Waals surface area contributed by atoms with Crippen LogP contribution < -0.4 is 5.32 Å². The zero-order valence-electron chi connectivity index (χ0n) is 24.9. The lowest BCUT2D eigenvalue weighted by Gasteiger charge is -2.44. The predicted octanol–water partition coefficient (Wildman–Crippen LogP) is 3.87. The fraction of sp³-hybridized carbons (Fsp3) is 0.594.